The molecule has 1 fully saturated rings. The molecule has 0 aliphatic carbocycles. The average molecular weight is 216 g/mol. The summed E-state index contributed by atoms with van der Waals surface area (Å²) in [6, 6.07) is 0. The summed E-state index contributed by atoms with van der Waals surface area (Å²) < 4.78 is 5.37. The quantitative estimate of drug-likeness (QED) is 0.523. The molecule has 1 unspecified atom stereocenters. The Balaban J connectivity index is 2.33. The Labute approximate surface area is 90.8 Å². The SMILES string of the molecule is CC(C)C(=O)OC1CCCCOOCC1. The summed E-state index contributed by atoms with van der Waals surface area (Å²) in [5.74, 6) is -0.185. The van der Waals surface area contributed by atoms with Crippen molar-refractivity contribution in [3.63, 3.8) is 0 Å². The summed E-state index contributed by atoms with van der Waals surface area (Å²) >= 11 is 0. The fourth-order valence-electron chi connectivity index (χ4n) is 1.39. The minimum Gasteiger partial charge on any atom is -0.462 e. The van der Waals surface area contributed by atoms with Gasteiger partial charge in [0.05, 0.1) is 19.1 Å². The number of esters is 1. The number of hydrogen-bond acceptors (Lipinski definition) is 4. The molecule has 1 aliphatic rings. The molecule has 0 bridgehead atoms. The van der Waals surface area contributed by atoms with Crippen molar-refractivity contribution >= 4 is 5.97 Å². The van der Waals surface area contributed by atoms with Crippen molar-refractivity contribution in [2.45, 2.75) is 45.6 Å². The zero-order chi connectivity index (χ0) is 11.1. The standard InChI is InChI=1S/C11H20O4/c1-9(2)11(12)15-10-5-3-4-7-13-14-8-6-10/h9-10H,3-8H2,1-2H3. The number of ether oxygens (including phenoxy) is 1. The van der Waals surface area contributed by atoms with Gasteiger partial charge in [0.2, 0.25) is 0 Å². The highest BCUT2D eigenvalue weighted by Gasteiger charge is 2.17. The normalized spacial score (nSPS) is 24.1. The maximum absolute atomic E-state index is 11.4. The van der Waals surface area contributed by atoms with Crippen molar-refractivity contribution in [3.05, 3.63) is 0 Å². The predicted molar refractivity (Wildman–Crippen MR) is 55.1 cm³/mol. The van der Waals surface area contributed by atoms with Crippen LogP contribution >= 0.6 is 0 Å². The van der Waals surface area contributed by atoms with Crippen LogP contribution in [0.1, 0.15) is 39.5 Å². The van der Waals surface area contributed by atoms with Gasteiger partial charge in [0.1, 0.15) is 6.10 Å². The lowest BCUT2D eigenvalue weighted by molar-refractivity contribution is -0.295. The van der Waals surface area contributed by atoms with Crippen molar-refractivity contribution in [2.24, 2.45) is 5.92 Å². The first-order valence-corrected chi connectivity index (χ1v) is 5.65. The highest BCUT2D eigenvalue weighted by molar-refractivity contribution is 5.71. The van der Waals surface area contributed by atoms with Gasteiger partial charge >= 0.3 is 5.97 Å². The van der Waals surface area contributed by atoms with Crippen molar-refractivity contribution < 1.29 is 19.3 Å². The van der Waals surface area contributed by atoms with Gasteiger partial charge < -0.3 is 4.74 Å². The molecule has 4 nitrogen and oxygen atoms in total. The van der Waals surface area contributed by atoms with Crippen LogP contribution in [0.3, 0.4) is 0 Å². The van der Waals surface area contributed by atoms with Gasteiger partial charge in [-0.05, 0) is 19.3 Å². The zero-order valence-corrected chi connectivity index (χ0v) is 9.53. The van der Waals surface area contributed by atoms with E-state index in [1.807, 2.05) is 13.8 Å². The first kappa shape index (κ1) is 12.5. The minimum absolute atomic E-state index is 0.0124. The van der Waals surface area contributed by atoms with Gasteiger partial charge in [-0.3, -0.25) is 4.79 Å². The second kappa shape index (κ2) is 6.80. The Morgan fingerprint density at radius 2 is 1.93 bits per heavy atom. The molecular formula is C11H20O4. The zero-order valence-electron chi connectivity index (χ0n) is 9.53. The lowest BCUT2D eigenvalue weighted by atomic mass is 10.1. The van der Waals surface area contributed by atoms with Crippen LogP contribution in [-0.4, -0.2) is 25.3 Å². The van der Waals surface area contributed by atoms with Gasteiger partial charge in [-0.2, -0.15) is 0 Å². The molecule has 0 amide bonds. The van der Waals surface area contributed by atoms with E-state index in [-0.39, 0.29) is 18.0 Å². The monoisotopic (exact) mass is 216 g/mol. The summed E-state index contributed by atoms with van der Waals surface area (Å²) in [5, 5.41) is 0. The molecule has 0 radical (unpaired) electrons. The van der Waals surface area contributed by atoms with E-state index in [1.54, 1.807) is 0 Å². The maximum atomic E-state index is 11.4. The van der Waals surface area contributed by atoms with Crippen LogP contribution in [-0.2, 0) is 19.3 Å². The van der Waals surface area contributed by atoms with E-state index in [0.717, 1.165) is 25.7 Å². The molecule has 0 spiro atoms. The molecule has 1 rings (SSSR count). The van der Waals surface area contributed by atoms with Gasteiger partial charge in [-0.25, -0.2) is 9.78 Å². The van der Waals surface area contributed by atoms with Crippen LogP contribution in [0.25, 0.3) is 0 Å². The maximum Gasteiger partial charge on any atom is 0.308 e. The Morgan fingerprint density at radius 1 is 1.20 bits per heavy atom. The van der Waals surface area contributed by atoms with Crippen LogP contribution < -0.4 is 0 Å². The highest BCUT2D eigenvalue weighted by Crippen LogP contribution is 2.13. The summed E-state index contributed by atoms with van der Waals surface area (Å²) in [5.41, 5.74) is 0. The molecule has 0 aromatic carbocycles. The molecular weight excluding hydrogens is 196 g/mol. The van der Waals surface area contributed by atoms with E-state index in [0.29, 0.717) is 13.2 Å². The van der Waals surface area contributed by atoms with Crippen molar-refractivity contribution in [1.82, 2.24) is 0 Å². The van der Waals surface area contributed by atoms with Crippen LogP contribution in [0.15, 0.2) is 0 Å². The topological polar surface area (TPSA) is 44.8 Å². The van der Waals surface area contributed by atoms with Crippen molar-refractivity contribution in [3.8, 4) is 0 Å². The van der Waals surface area contributed by atoms with Crippen LogP contribution in [0.5, 0.6) is 0 Å². The number of rotatable bonds is 2. The third-order valence-corrected chi connectivity index (χ3v) is 2.36. The molecule has 88 valence electrons. The van der Waals surface area contributed by atoms with Crippen LogP contribution in [0.4, 0.5) is 0 Å². The second-order valence-electron chi connectivity index (χ2n) is 4.14. The molecule has 4 heteroatoms. The van der Waals surface area contributed by atoms with Gasteiger partial charge in [0.25, 0.3) is 0 Å². The molecule has 1 atom stereocenters. The van der Waals surface area contributed by atoms with Gasteiger partial charge in [0.15, 0.2) is 0 Å². The fraction of sp³-hybridized carbons (Fsp3) is 0.909. The molecule has 0 N–H and O–H groups in total. The van der Waals surface area contributed by atoms with Gasteiger partial charge in [-0.1, -0.05) is 13.8 Å². The third-order valence-electron chi connectivity index (χ3n) is 2.36. The number of carbonyl (C=O) groups is 1. The molecule has 0 aromatic heterocycles. The van der Waals surface area contributed by atoms with E-state index < -0.39 is 0 Å². The second-order valence-corrected chi connectivity index (χ2v) is 4.14. The Hall–Kier alpha value is -0.610. The molecule has 1 heterocycles. The van der Waals surface area contributed by atoms with Gasteiger partial charge in [0, 0.05) is 6.42 Å². The van der Waals surface area contributed by atoms with Gasteiger partial charge in [-0.15, -0.1) is 0 Å². The summed E-state index contributed by atoms with van der Waals surface area (Å²) in [7, 11) is 0. The molecule has 15 heavy (non-hydrogen) atoms. The third kappa shape index (κ3) is 5.14. The highest BCUT2D eigenvalue weighted by atomic mass is 17.2. The van der Waals surface area contributed by atoms with E-state index in [4.69, 9.17) is 14.5 Å². The summed E-state index contributed by atoms with van der Waals surface area (Å²) in [4.78, 5) is 21.3. The van der Waals surface area contributed by atoms with Crippen molar-refractivity contribution in [2.75, 3.05) is 13.2 Å². The Bertz CT molecular complexity index is 181. The first-order chi connectivity index (χ1) is 7.20. The lowest BCUT2D eigenvalue weighted by Crippen LogP contribution is -2.22. The molecule has 0 aromatic rings. The predicted octanol–water partition coefficient (Wildman–Crippen LogP) is 2.08. The fourth-order valence-corrected chi connectivity index (χ4v) is 1.39. The molecule has 0 saturated carbocycles. The Morgan fingerprint density at radius 3 is 2.67 bits per heavy atom. The molecule has 1 aliphatic heterocycles. The van der Waals surface area contributed by atoms with E-state index >= 15 is 0 Å². The van der Waals surface area contributed by atoms with E-state index in [2.05, 4.69) is 0 Å². The average Bonchev–Trinajstić information content (AvgIpc) is 2.31. The lowest BCUT2D eigenvalue weighted by Gasteiger charge is -2.17. The summed E-state index contributed by atoms with van der Waals surface area (Å²) in [6.07, 6.45) is 3.58. The largest absolute Gasteiger partial charge is 0.462 e. The minimum atomic E-state index is -0.125. The number of carbonyl (C=O) groups excluding carboxylic acids is 1. The summed E-state index contributed by atoms with van der Waals surface area (Å²) in [6.45, 7) is 4.81. The van der Waals surface area contributed by atoms with Crippen LogP contribution in [0, 0.1) is 5.92 Å². The van der Waals surface area contributed by atoms with Crippen molar-refractivity contribution in [1.29, 1.82) is 0 Å². The van der Waals surface area contributed by atoms with Crippen LogP contribution in [0.2, 0.25) is 0 Å². The number of hydrogen-bond donors (Lipinski definition) is 0. The molecule has 1 saturated heterocycles. The van der Waals surface area contributed by atoms with E-state index in [9.17, 15) is 4.79 Å². The van der Waals surface area contributed by atoms with E-state index in [1.165, 1.54) is 0 Å². The smallest absolute Gasteiger partial charge is 0.308 e. The first-order valence-electron chi connectivity index (χ1n) is 5.65. The Kier molecular flexibility index (Phi) is 5.65.